The van der Waals surface area contributed by atoms with Gasteiger partial charge in [0.1, 0.15) is 6.10 Å². The first-order chi connectivity index (χ1) is 6.57. The Labute approximate surface area is 86.9 Å². The van der Waals surface area contributed by atoms with Crippen molar-refractivity contribution in [3.05, 3.63) is 0 Å². The van der Waals surface area contributed by atoms with Gasteiger partial charge in [-0.25, -0.2) is 4.18 Å². The molecule has 3 unspecified atom stereocenters. The van der Waals surface area contributed by atoms with Crippen molar-refractivity contribution in [2.24, 2.45) is 0 Å². The molecule has 0 aromatic heterocycles. The van der Waals surface area contributed by atoms with Crippen LogP contribution in [-0.4, -0.2) is 32.9 Å². The molecule has 0 aliphatic carbocycles. The van der Waals surface area contributed by atoms with Gasteiger partial charge in [0.15, 0.2) is 0 Å². The first-order valence-corrected chi connectivity index (χ1v) is 5.68. The van der Waals surface area contributed by atoms with Crippen molar-refractivity contribution in [2.75, 3.05) is 6.61 Å². The number of unbranched alkanes of at least 4 members (excludes halogenated alkanes) is 2. The van der Waals surface area contributed by atoms with Crippen LogP contribution in [0.1, 0.15) is 33.1 Å². The highest BCUT2D eigenvalue weighted by Crippen LogP contribution is 2.05. The maximum absolute atomic E-state index is 10.3. The molecule has 14 heavy (non-hydrogen) atoms. The smallest absolute Gasteiger partial charge is 0.304 e. The minimum absolute atomic E-state index is 0.417. The van der Waals surface area contributed by atoms with Crippen LogP contribution in [0.5, 0.6) is 0 Å². The van der Waals surface area contributed by atoms with E-state index in [4.69, 9.17) is 14.4 Å². The molecular weight excluding hydrogens is 208 g/mol. The van der Waals surface area contributed by atoms with Gasteiger partial charge < -0.3 is 9.84 Å². The molecule has 0 spiro atoms. The molecule has 0 saturated carbocycles. The lowest BCUT2D eigenvalue weighted by atomic mass is 10.3. The monoisotopic (exact) mass is 226 g/mol. The third kappa shape index (κ3) is 7.40. The second-order valence-corrected chi connectivity index (χ2v) is 3.63. The van der Waals surface area contributed by atoms with Gasteiger partial charge in [0.2, 0.25) is 6.29 Å². The van der Waals surface area contributed by atoms with E-state index >= 15 is 0 Å². The molecule has 86 valence electrons. The summed E-state index contributed by atoms with van der Waals surface area (Å²) in [5, 5.41) is 9.12. The van der Waals surface area contributed by atoms with Gasteiger partial charge in [0.25, 0.3) is 0 Å². The molecule has 0 heterocycles. The number of hydrogen-bond acceptors (Lipinski definition) is 4. The van der Waals surface area contributed by atoms with Crippen molar-refractivity contribution in [1.82, 2.24) is 0 Å². The highest BCUT2D eigenvalue weighted by atomic mass is 32.2. The molecule has 0 aromatic rings. The lowest BCUT2D eigenvalue weighted by molar-refractivity contribution is -0.137. The van der Waals surface area contributed by atoms with Gasteiger partial charge in [-0.2, -0.15) is 4.21 Å². The fourth-order valence-electron chi connectivity index (χ4n) is 0.880. The number of rotatable bonds is 8. The molecule has 5 nitrogen and oxygen atoms in total. The summed E-state index contributed by atoms with van der Waals surface area (Å²) in [5.41, 5.74) is 0. The first kappa shape index (κ1) is 14.0. The van der Waals surface area contributed by atoms with E-state index in [0.29, 0.717) is 6.61 Å². The first-order valence-electron chi connectivity index (χ1n) is 4.65. The topological polar surface area (TPSA) is 76.0 Å². The highest BCUT2D eigenvalue weighted by Gasteiger charge is 2.18. The summed E-state index contributed by atoms with van der Waals surface area (Å²) in [5.74, 6) is 0. The van der Waals surface area contributed by atoms with E-state index in [1.54, 1.807) is 0 Å². The summed E-state index contributed by atoms with van der Waals surface area (Å²) in [6, 6.07) is 0. The van der Waals surface area contributed by atoms with Crippen LogP contribution in [0.3, 0.4) is 0 Å². The van der Waals surface area contributed by atoms with Crippen molar-refractivity contribution in [3.8, 4) is 0 Å². The molecule has 0 radical (unpaired) electrons. The van der Waals surface area contributed by atoms with Gasteiger partial charge in [-0.3, -0.25) is 4.55 Å². The fraction of sp³-hybridized carbons (Fsp3) is 1.00. The van der Waals surface area contributed by atoms with Crippen molar-refractivity contribution >= 4 is 11.4 Å². The quantitative estimate of drug-likeness (QED) is 0.367. The molecule has 6 heteroatoms. The SMILES string of the molecule is CCCCCOC(OS(=O)O)C(C)O. The Kier molecular flexibility index (Phi) is 8.30. The Bertz CT molecular complexity index is 162. The summed E-state index contributed by atoms with van der Waals surface area (Å²) < 4.78 is 28.3. The van der Waals surface area contributed by atoms with Crippen LogP contribution in [0, 0.1) is 0 Å². The molecule has 0 saturated heterocycles. The Hall–Kier alpha value is -0.0100. The van der Waals surface area contributed by atoms with Gasteiger partial charge in [-0.15, -0.1) is 0 Å². The van der Waals surface area contributed by atoms with Gasteiger partial charge >= 0.3 is 11.4 Å². The van der Waals surface area contributed by atoms with Crippen LogP contribution >= 0.6 is 0 Å². The van der Waals surface area contributed by atoms with Crippen LogP contribution in [0.15, 0.2) is 0 Å². The van der Waals surface area contributed by atoms with Gasteiger partial charge in [0, 0.05) is 6.61 Å². The minimum Gasteiger partial charge on any atom is -0.388 e. The third-order valence-corrected chi connectivity index (χ3v) is 1.96. The molecule has 0 amide bonds. The third-order valence-electron chi connectivity index (χ3n) is 1.60. The average Bonchev–Trinajstić information content (AvgIpc) is 2.09. The van der Waals surface area contributed by atoms with Crippen LogP contribution < -0.4 is 0 Å². The van der Waals surface area contributed by atoms with Crippen molar-refractivity contribution in [2.45, 2.75) is 45.5 Å². The van der Waals surface area contributed by atoms with Gasteiger partial charge in [-0.1, -0.05) is 19.8 Å². The zero-order valence-electron chi connectivity index (χ0n) is 8.51. The molecular formula is C8H18O5S. The van der Waals surface area contributed by atoms with E-state index in [9.17, 15) is 4.21 Å². The summed E-state index contributed by atoms with van der Waals surface area (Å²) >= 11 is -2.41. The lowest BCUT2D eigenvalue weighted by Gasteiger charge is -2.18. The van der Waals surface area contributed by atoms with Crippen LogP contribution in [0.25, 0.3) is 0 Å². The Morgan fingerprint density at radius 2 is 2.07 bits per heavy atom. The second kappa shape index (κ2) is 8.31. The van der Waals surface area contributed by atoms with Crippen molar-refractivity contribution < 1.29 is 22.8 Å². The molecule has 3 atom stereocenters. The van der Waals surface area contributed by atoms with E-state index in [1.807, 2.05) is 0 Å². The van der Waals surface area contributed by atoms with Crippen LogP contribution in [-0.2, 0) is 20.3 Å². The minimum atomic E-state index is -2.41. The Balaban J connectivity index is 3.68. The summed E-state index contributed by atoms with van der Waals surface area (Å²) in [7, 11) is 0. The van der Waals surface area contributed by atoms with Crippen LogP contribution in [0.4, 0.5) is 0 Å². The molecule has 0 fully saturated rings. The van der Waals surface area contributed by atoms with E-state index in [2.05, 4.69) is 11.1 Å². The molecule has 0 aliphatic rings. The van der Waals surface area contributed by atoms with Gasteiger partial charge in [-0.05, 0) is 13.3 Å². The fourth-order valence-corrected chi connectivity index (χ4v) is 1.26. The van der Waals surface area contributed by atoms with Gasteiger partial charge in [0.05, 0.1) is 0 Å². The average molecular weight is 226 g/mol. The largest absolute Gasteiger partial charge is 0.388 e. The molecule has 0 aliphatic heterocycles. The molecule has 2 N–H and O–H groups in total. The lowest BCUT2D eigenvalue weighted by Crippen LogP contribution is -2.30. The second-order valence-electron chi connectivity index (χ2n) is 3.00. The predicted molar refractivity (Wildman–Crippen MR) is 52.8 cm³/mol. The van der Waals surface area contributed by atoms with E-state index in [0.717, 1.165) is 19.3 Å². The van der Waals surface area contributed by atoms with E-state index in [-0.39, 0.29) is 0 Å². The molecule has 0 aromatic carbocycles. The van der Waals surface area contributed by atoms with Crippen molar-refractivity contribution in [3.63, 3.8) is 0 Å². The highest BCUT2D eigenvalue weighted by molar-refractivity contribution is 7.74. The standard InChI is InChI=1S/C8H18O5S/c1-3-4-5-6-12-8(7(2)9)13-14(10)11/h7-9H,3-6H2,1-2H3,(H,10,11). The van der Waals surface area contributed by atoms with E-state index in [1.165, 1.54) is 6.92 Å². The molecule has 0 bridgehead atoms. The number of ether oxygens (including phenoxy) is 1. The number of hydrogen-bond donors (Lipinski definition) is 2. The zero-order chi connectivity index (χ0) is 11.0. The van der Waals surface area contributed by atoms with Crippen LogP contribution in [0.2, 0.25) is 0 Å². The zero-order valence-corrected chi connectivity index (χ0v) is 9.33. The summed E-state index contributed by atoms with van der Waals surface area (Å²) in [6.07, 6.45) is 0.983. The maximum Gasteiger partial charge on any atom is 0.304 e. The van der Waals surface area contributed by atoms with Crippen molar-refractivity contribution in [1.29, 1.82) is 0 Å². The number of aliphatic hydroxyl groups excluding tert-OH is 1. The maximum atomic E-state index is 10.3. The van der Waals surface area contributed by atoms with E-state index < -0.39 is 23.8 Å². The Morgan fingerprint density at radius 1 is 1.43 bits per heavy atom. The molecule has 0 rings (SSSR count). The normalized spacial score (nSPS) is 17.7. The predicted octanol–water partition coefficient (Wildman–Crippen LogP) is 1.05. The summed E-state index contributed by atoms with van der Waals surface area (Å²) in [6.45, 7) is 3.92. The Morgan fingerprint density at radius 3 is 2.50 bits per heavy atom. The number of aliphatic hydroxyl groups is 1. The summed E-state index contributed by atoms with van der Waals surface area (Å²) in [4.78, 5) is 0.